The average Bonchev–Trinajstić information content (AvgIpc) is 3.37. The summed E-state index contributed by atoms with van der Waals surface area (Å²) in [6.45, 7) is 23.7. The number of rotatable bonds is 1. The van der Waals surface area contributed by atoms with Gasteiger partial charge in [0.15, 0.2) is 0 Å². The molecule has 3 heteroatoms. The minimum absolute atomic E-state index is 0. The number of benzene rings is 2. The molecule has 0 saturated carbocycles. The van der Waals surface area contributed by atoms with Crippen LogP contribution in [0.15, 0.2) is 59.2 Å². The molecule has 5 rings (SSSR count). The Kier molecular flexibility index (Phi) is 9.17. The summed E-state index contributed by atoms with van der Waals surface area (Å²) < 4.78 is 0. The van der Waals surface area contributed by atoms with E-state index in [2.05, 4.69) is 112 Å². The standard InChI is InChI=1S/C34H44.2ClH.Zr/c1-31(2,3)22-11-13-25-27(18-22)28-19-23(32(4,5)6)12-14-26(28)30(25)34(10)16-15-21-17-24(20-29(21)34)33(7,8)9;;;/h11-14,18-20,30H,15-17H2,1-10H3;2*1H;/q;;;+2/p-2. The second kappa shape index (κ2) is 10.4. The molecule has 2 aromatic carbocycles. The first-order valence-electron chi connectivity index (χ1n) is 13.3. The zero-order valence-electron chi connectivity index (χ0n) is 24.5. The molecule has 3 aliphatic carbocycles. The smallest absolute Gasteiger partial charge is 1.00 e. The summed E-state index contributed by atoms with van der Waals surface area (Å²) in [4.78, 5) is 0. The van der Waals surface area contributed by atoms with Crippen LogP contribution in [0.25, 0.3) is 11.1 Å². The van der Waals surface area contributed by atoms with E-state index in [4.69, 9.17) is 0 Å². The fourth-order valence-corrected chi connectivity index (χ4v) is 6.64. The molecule has 0 heterocycles. The van der Waals surface area contributed by atoms with Gasteiger partial charge in [0.05, 0.1) is 0 Å². The van der Waals surface area contributed by atoms with Gasteiger partial charge in [-0.25, -0.2) is 0 Å². The number of hydrogen-bond donors (Lipinski definition) is 0. The molecule has 0 spiro atoms. The van der Waals surface area contributed by atoms with Crippen molar-refractivity contribution >= 4 is 0 Å². The number of allylic oxidation sites excluding steroid dienone is 4. The summed E-state index contributed by atoms with van der Waals surface area (Å²) in [6.07, 6.45) is 6.31. The van der Waals surface area contributed by atoms with Crippen molar-refractivity contribution in [2.75, 3.05) is 0 Å². The molecule has 0 saturated heterocycles. The average molecular weight is 615 g/mol. The second-order valence-electron chi connectivity index (χ2n) is 14.6. The van der Waals surface area contributed by atoms with Gasteiger partial charge in [-0.1, -0.05) is 123 Å². The molecular formula is C34H44Cl2Zr. The minimum atomic E-state index is 0. The van der Waals surface area contributed by atoms with E-state index >= 15 is 0 Å². The van der Waals surface area contributed by atoms with E-state index in [-0.39, 0.29) is 72.7 Å². The fourth-order valence-electron chi connectivity index (χ4n) is 6.64. The van der Waals surface area contributed by atoms with Gasteiger partial charge in [0.2, 0.25) is 0 Å². The molecule has 0 aliphatic heterocycles. The van der Waals surface area contributed by atoms with E-state index in [1.54, 1.807) is 27.8 Å². The Morgan fingerprint density at radius 2 is 1.16 bits per heavy atom. The first-order valence-corrected chi connectivity index (χ1v) is 13.3. The maximum absolute atomic E-state index is 2.60. The van der Waals surface area contributed by atoms with Crippen LogP contribution in [0.4, 0.5) is 0 Å². The van der Waals surface area contributed by atoms with E-state index in [1.165, 1.54) is 41.5 Å². The zero-order chi connectivity index (χ0) is 24.8. The van der Waals surface area contributed by atoms with Crippen molar-refractivity contribution in [3.63, 3.8) is 0 Å². The first-order chi connectivity index (χ1) is 15.6. The van der Waals surface area contributed by atoms with Gasteiger partial charge in [0, 0.05) is 11.3 Å². The van der Waals surface area contributed by atoms with Crippen LogP contribution in [-0.2, 0) is 37.0 Å². The molecule has 0 aromatic heterocycles. The van der Waals surface area contributed by atoms with Crippen molar-refractivity contribution in [1.29, 1.82) is 0 Å². The van der Waals surface area contributed by atoms with Gasteiger partial charge >= 0.3 is 26.2 Å². The summed E-state index contributed by atoms with van der Waals surface area (Å²) in [5, 5.41) is 0. The van der Waals surface area contributed by atoms with Gasteiger partial charge < -0.3 is 24.8 Å². The summed E-state index contributed by atoms with van der Waals surface area (Å²) >= 11 is 0. The van der Waals surface area contributed by atoms with Crippen LogP contribution in [0.2, 0.25) is 0 Å². The quantitative estimate of drug-likeness (QED) is 0.458. The Hall–Kier alpha value is -0.617. The van der Waals surface area contributed by atoms with Crippen LogP contribution < -0.4 is 24.8 Å². The Morgan fingerprint density at radius 3 is 1.57 bits per heavy atom. The summed E-state index contributed by atoms with van der Waals surface area (Å²) in [5.74, 6) is 0.434. The summed E-state index contributed by atoms with van der Waals surface area (Å²) in [7, 11) is 0. The second-order valence-corrected chi connectivity index (χ2v) is 14.6. The third-order valence-electron chi connectivity index (χ3n) is 9.02. The minimum Gasteiger partial charge on any atom is -1.00 e. The summed E-state index contributed by atoms with van der Waals surface area (Å²) in [6, 6.07) is 14.8. The number of hydrogen-bond acceptors (Lipinski definition) is 0. The predicted molar refractivity (Wildman–Crippen MR) is 148 cm³/mol. The monoisotopic (exact) mass is 612 g/mol. The van der Waals surface area contributed by atoms with Crippen LogP contribution in [0.3, 0.4) is 0 Å². The van der Waals surface area contributed by atoms with Crippen molar-refractivity contribution in [2.24, 2.45) is 10.8 Å². The van der Waals surface area contributed by atoms with Crippen LogP contribution in [0, 0.1) is 10.8 Å². The van der Waals surface area contributed by atoms with Crippen LogP contribution in [0.5, 0.6) is 0 Å². The SMILES string of the molecule is CC(C)(C)C1=CC2=C(CCC2(C)C2c3ccc(C(C)(C)C)cc3-c3cc(C(C)(C)C)ccc32)C1.[Cl-].[Cl-].[Zr+2]. The number of fused-ring (bicyclic) bond motifs is 3. The molecule has 0 radical (unpaired) electrons. The van der Waals surface area contributed by atoms with Gasteiger partial charge in [-0.05, 0) is 74.5 Å². The Labute approximate surface area is 258 Å². The molecular weight excluding hydrogens is 571 g/mol. The third-order valence-corrected chi connectivity index (χ3v) is 9.02. The van der Waals surface area contributed by atoms with Gasteiger partial charge in [-0.15, -0.1) is 0 Å². The van der Waals surface area contributed by atoms with Crippen LogP contribution >= 0.6 is 0 Å². The Morgan fingerprint density at radius 1 is 0.703 bits per heavy atom. The molecule has 0 fully saturated rings. The maximum atomic E-state index is 2.60. The van der Waals surface area contributed by atoms with Crippen molar-refractivity contribution in [3.8, 4) is 11.1 Å². The van der Waals surface area contributed by atoms with Crippen molar-refractivity contribution < 1.29 is 51.0 Å². The van der Waals surface area contributed by atoms with E-state index in [1.807, 2.05) is 0 Å². The molecule has 0 amide bonds. The Balaban J connectivity index is 0.00000160. The van der Waals surface area contributed by atoms with Crippen LogP contribution in [0.1, 0.15) is 117 Å². The summed E-state index contributed by atoms with van der Waals surface area (Å²) in [5.41, 5.74) is 14.6. The molecule has 0 bridgehead atoms. The molecule has 0 nitrogen and oxygen atoms in total. The van der Waals surface area contributed by atoms with E-state index in [0.29, 0.717) is 5.92 Å². The third kappa shape index (κ3) is 5.41. The molecule has 3 aliphatic rings. The van der Waals surface area contributed by atoms with Crippen LogP contribution in [-0.4, -0.2) is 0 Å². The maximum Gasteiger partial charge on any atom is 2.00 e. The van der Waals surface area contributed by atoms with Gasteiger partial charge in [0.25, 0.3) is 0 Å². The predicted octanol–water partition coefficient (Wildman–Crippen LogP) is 3.87. The zero-order valence-corrected chi connectivity index (χ0v) is 28.5. The van der Waals surface area contributed by atoms with Gasteiger partial charge in [-0.2, -0.15) is 0 Å². The molecule has 198 valence electrons. The Bertz CT molecular complexity index is 1180. The van der Waals surface area contributed by atoms with Gasteiger partial charge in [-0.3, -0.25) is 0 Å². The van der Waals surface area contributed by atoms with Gasteiger partial charge in [0.1, 0.15) is 0 Å². The fraction of sp³-hybridized carbons (Fsp3) is 0.529. The van der Waals surface area contributed by atoms with Crippen molar-refractivity contribution in [2.45, 2.75) is 105 Å². The van der Waals surface area contributed by atoms with Crippen molar-refractivity contribution in [1.82, 2.24) is 0 Å². The normalized spacial score (nSPS) is 20.9. The first kappa shape index (κ1) is 32.6. The molecule has 1 unspecified atom stereocenters. The van der Waals surface area contributed by atoms with E-state index in [9.17, 15) is 0 Å². The largest absolute Gasteiger partial charge is 2.00 e. The van der Waals surface area contributed by atoms with E-state index in [0.717, 1.165) is 0 Å². The molecule has 2 aromatic rings. The molecule has 37 heavy (non-hydrogen) atoms. The molecule has 0 N–H and O–H groups in total. The van der Waals surface area contributed by atoms with E-state index < -0.39 is 0 Å². The number of halogens is 2. The van der Waals surface area contributed by atoms with Crippen molar-refractivity contribution in [3.05, 3.63) is 81.4 Å². The molecule has 1 atom stereocenters. The topological polar surface area (TPSA) is 0 Å².